The Labute approximate surface area is 648 Å². The van der Waals surface area contributed by atoms with Gasteiger partial charge in [-0.1, -0.05) is 185 Å². The highest BCUT2D eigenvalue weighted by Gasteiger charge is 2.80. The third-order valence-corrected chi connectivity index (χ3v) is 24.9. The molecule has 0 saturated carbocycles. The van der Waals surface area contributed by atoms with Gasteiger partial charge in [0.05, 0.1) is 46.6 Å². The minimum Gasteiger partial charge on any atom is -0.487 e. The number of methoxy groups -OCH3 is 4. The summed E-state index contributed by atoms with van der Waals surface area (Å²) in [7, 11) is 7.03. The third-order valence-electron chi connectivity index (χ3n) is 18.0. The van der Waals surface area contributed by atoms with E-state index < -0.39 is 28.9 Å². The zero-order valence-corrected chi connectivity index (χ0v) is 64.3. The summed E-state index contributed by atoms with van der Waals surface area (Å²) in [5.74, 6) is -16.0. The second-order valence-corrected chi connectivity index (χ2v) is 30.2. The van der Waals surface area contributed by atoms with Gasteiger partial charge in [0.25, 0.3) is 0 Å². The second-order valence-electron chi connectivity index (χ2n) is 23.8. The van der Waals surface area contributed by atoms with Crippen molar-refractivity contribution in [3.63, 3.8) is 0 Å². The molecule has 0 N–H and O–H groups in total. The van der Waals surface area contributed by atoms with E-state index in [1.807, 2.05) is 42.5 Å². The van der Waals surface area contributed by atoms with Gasteiger partial charge < -0.3 is 18.9 Å². The van der Waals surface area contributed by atoms with E-state index in [1.54, 1.807) is 73.8 Å². The van der Waals surface area contributed by atoms with Crippen LogP contribution in [0.2, 0.25) is 0 Å². The summed E-state index contributed by atoms with van der Waals surface area (Å²) in [4.78, 5) is 16.2. The second kappa shape index (κ2) is 40.3. The normalized spacial score (nSPS) is 13.9. The van der Waals surface area contributed by atoms with E-state index in [0.717, 1.165) is 114 Å². The molecule has 32 heteroatoms. The summed E-state index contributed by atoms with van der Waals surface area (Å²) in [6.07, 6.45) is 6.29. The lowest BCUT2D eigenvalue weighted by molar-refractivity contribution is -0.254. The Morgan fingerprint density at radius 3 is 1.08 bits per heavy atom. The summed E-state index contributed by atoms with van der Waals surface area (Å²) >= 11 is 8.64. The molecule has 3 aliphatic carbocycles. The fourth-order valence-corrected chi connectivity index (χ4v) is 19.9. The number of rotatable bonds is 14. The van der Waals surface area contributed by atoms with Crippen LogP contribution in [0.3, 0.4) is 0 Å². The van der Waals surface area contributed by atoms with Crippen molar-refractivity contribution in [1.82, 2.24) is 9.97 Å². The maximum absolute atomic E-state index is 15.4. The van der Waals surface area contributed by atoms with Crippen molar-refractivity contribution in [1.29, 1.82) is 5.26 Å². The summed E-state index contributed by atoms with van der Waals surface area (Å²) in [5, 5.41) is 15.0. The van der Waals surface area contributed by atoms with Crippen LogP contribution in [0.4, 0.5) is 86.9 Å². The highest BCUT2D eigenvalue weighted by Crippen LogP contribution is 2.67. The molecule has 3 aliphatic rings. The summed E-state index contributed by atoms with van der Waals surface area (Å²) in [6, 6.07) is 51.9. The molecular formula is C79H62F18N4O4S6. The van der Waals surface area contributed by atoms with Gasteiger partial charge in [0.2, 0.25) is 10.1 Å². The maximum atomic E-state index is 15.4. The zero-order chi connectivity index (χ0) is 81.7. The average molecular weight is 1670 g/mol. The SMILES string of the molecule is COc1sc(-c2ccccc2)c(C)c1C1=C(c2c(OC)sc(-c3ccccc3)c2C)CCC1.COc1sc(-c2ccccc2)nc1C1=C(c2nc(-c3ccccc3)sc2OC)CCC1.FF.FF.FF.FF.FF.FF.[C-]#[N+]c1ccc2c(C3=C(c4c(C)sc5cc(C#N)ccc45)C(F)(F)C(F)(F)C3(F)F)c(C)sc2c1. The number of hydrogen-bond donors (Lipinski definition) is 0. The molecule has 0 amide bonds. The minimum absolute atomic E-state index is 0.0969. The fraction of sp³-hybridized carbons (Fsp3) is 0.215. The number of nitriles is 1. The summed E-state index contributed by atoms with van der Waals surface area (Å²) in [5.41, 5.74) is 13.9. The molecule has 15 rings (SSSR count). The first-order chi connectivity index (χ1) is 53.8. The molecule has 8 nitrogen and oxygen atoms in total. The first-order valence-electron chi connectivity index (χ1n) is 32.5. The zero-order valence-electron chi connectivity index (χ0n) is 59.4. The molecule has 0 saturated heterocycles. The molecule has 0 aliphatic heterocycles. The number of benzene rings is 6. The monoisotopic (exact) mass is 1660 g/mol. The highest BCUT2D eigenvalue weighted by molar-refractivity contribution is 7.20. The van der Waals surface area contributed by atoms with Gasteiger partial charge in [-0.15, -0.1) is 22.7 Å². The summed E-state index contributed by atoms with van der Waals surface area (Å²) < 4.78 is 212. The first kappa shape index (κ1) is 88.3. The van der Waals surface area contributed by atoms with Gasteiger partial charge in [-0.25, -0.2) is 14.8 Å². The van der Waals surface area contributed by atoms with Crippen molar-refractivity contribution >= 4 is 127 Å². The van der Waals surface area contributed by atoms with E-state index >= 15 is 17.6 Å². The Hall–Kier alpha value is -9.96. The van der Waals surface area contributed by atoms with Crippen LogP contribution in [0.1, 0.15) is 98.6 Å². The van der Waals surface area contributed by atoms with Gasteiger partial charge in [0.15, 0.2) is 15.8 Å². The average Bonchev–Trinajstić information content (AvgIpc) is 1.52. The predicted molar refractivity (Wildman–Crippen MR) is 411 cm³/mol. The molecule has 0 fully saturated rings. The van der Waals surface area contributed by atoms with Gasteiger partial charge >= 0.3 is 17.8 Å². The van der Waals surface area contributed by atoms with Crippen LogP contribution in [0.15, 0.2) is 158 Å². The molecule has 0 radical (unpaired) electrons. The molecule has 6 heterocycles. The minimum atomic E-state index is -5.67. The molecule has 0 spiro atoms. The number of allylic oxidation sites excluding steroid dienone is 6. The molecule has 0 unspecified atom stereocenters. The fourth-order valence-electron chi connectivity index (χ4n) is 13.5. The number of aromatic nitrogens is 2. The first-order valence-corrected chi connectivity index (χ1v) is 37.4. The van der Waals surface area contributed by atoms with Crippen LogP contribution in [-0.4, -0.2) is 56.2 Å². The standard InChI is InChI=1S/C29H28O2S2.C25H12F6N2S2.C25H22N2O2S2.6F2/c1-18-24(28(30-3)32-26(18)20-12-7-5-8-13-20)22-16-11-17-23(22)25-19(2)27(33-29(25)31-4)21-14-9-6-10-15-21;1-11-19(15-6-4-13(10-32)8-17(15)34-11)21-22(24(28,29)25(30,31)23(21,26)27)20-12(2)35-18-9-14(33-3)5-7-16(18)20;1-28-24-20(26-22(30-24)16-10-5-3-6-11-16)18-14-9-15-19(18)21-25(29-2)31-23(27-21)17-12-7-4-8-13-17;6*1-2/h5-10,12-15H,11,16-17H2,1-4H3;4-9H,1-2H3;3-8,10-13H,9,14-15H2,1-2H3;;;;;;. The highest BCUT2D eigenvalue weighted by atomic mass is 32.1. The number of alkyl halides is 6. The molecule has 584 valence electrons. The molecule has 6 aromatic carbocycles. The van der Waals surface area contributed by atoms with E-state index in [-0.39, 0.29) is 42.9 Å². The summed E-state index contributed by atoms with van der Waals surface area (Å²) in [6.45, 7) is 14.5. The number of nitrogens with zero attached hydrogens (tertiary/aromatic N) is 4. The van der Waals surface area contributed by atoms with Crippen LogP contribution in [0.25, 0.3) is 100 Å². The lowest BCUT2D eigenvalue weighted by Crippen LogP contribution is -2.48. The van der Waals surface area contributed by atoms with E-state index in [1.165, 1.54) is 116 Å². The number of thiophene rings is 4. The van der Waals surface area contributed by atoms with E-state index in [2.05, 4.69) is 104 Å². The Morgan fingerprint density at radius 1 is 0.405 bits per heavy atom. The molecule has 111 heavy (non-hydrogen) atoms. The van der Waals surface area contributed by atoms with Crippen LogP contribution in [0, 0.1) is 45.6 Å². The Kier molecular flexibility index (Phi) is 32.0. The van der Waals surface area contributed by atoms with Gasteiger partial charge in [-0.2, -0.15) is 31.6 Å². The molecule has 0 atom stereocenters. The Bertz CT molecular complexity index is 4980. The van der Waals surface area contributed by atoms with Crippen molar-refractivity contribution in [3.8, 4) is 68.3 Å². The van der Waals surface area contributed by atoms with E-state index in [4.69, 9.17) is 95.6 Å². The van der Waals surface area contributed by atoms with Gasteiger partial charge in [0, 0.05) is 134 Å². The number of fused-ring (bicyclic) bond motifs is 2. The molecular weight excluding hydrogens is 1600 g/mol. The molecule has 6 aromatic heterocycles. The van der Waals surface area contributed by atoms with Crippen molar-refractivity contribution < 1.29 is 100 Å². The number of ether oxygens (including phenoxy) is 4. The smallest absolute Gasteiger partial charge is 0.380 e. The molecule has 12 aromatic rings. The predicted octanol–water partition coefficient (Wildman–Crippen LogP) is 29.9. The van der Waals surface area contributed by atoms with Gasteiger partial charge in [0.1, 0.15) is 21.4 Å². The number of halogens is 18. The Balaban J connectivity index is 0.000000216. The topological polar surface area (TPSA) is 90.8 Å². The number of hydrogen-bond acceptors (Lipinski definition) is 13. The number of thiazole rings is 2. The van der Waals surface area contributed by atoms with Crippen LogP contribution < -0.4 is 18.9 Å². The third kappa shape index (κ3) is 17.6. The van der Waals surface area contributed by atoms with Crippen LogP contribution >= 0.6 is 68.0 Å². The van der Waals surface area contributed by atoms with E-state index in [0.29, 0.717) is 9.40 Å². The largest absolute Gasteiger partial charge is 0.487 e. The van der Waals surface area contributed by atoms with Crippen molar-refractivity contribution in [2.24, 2.45) is 0 Å². The lowest BCUT2D eigenvalue weighted by atomic mass is 9.91. The lowest BCUT2D eigenvalue weighted by Gasteiger charge is -2.26. The quantitative estimate of drug-likeness (QED) is 0.0791. The van der Waals surface area contributed by atoms with Gasteiger partial charge in [-0.05, 0) is 134 Å². The van der Waals surface area contributed by atoms with Crippen molar-refractivity contribution in [2.75, 3.05) is 28.4 Å². The van der Waals surface area contributed by atoms with Crippen molar-refractivity contribution in [2.45, 2.75) is 84.0 Å². The van der Waals surface area contributed by atoms with Crippen LogP contribution in [0.5, 0.6) is 20.3 Å². The Morgan fingerprint density at radius 2 is 0.739 bits per heavy atom. The van der Waals surface area contributed by atoms with Crippen molar-refractivity contribution in [3.05, 3.63) is 229 Å². The van der Waals surface area contributed by atoms with Crippen LogP contribution in [-0.2, 0) is 0 Å². The van der Waals surface area contributed by atoms with Gasteiger partial charge in [-0.3, -0.25) is 0 Å². The number of aryl methyl sites for hydroxylation is 2. The van der Waals surface area contributed by atoms with E-state index in [9.17, 15) is 8.78 Å². The maximum Gasteiger partial charge on any atom is 0.380 e. The molecule has 0 bridgehead atoms.